The lowest BCUT2D eigenvalue weighted by Crippen LogP contribution is -2.26. The quantitative estimate of drug-likeness (QED) is 0.420. The number of amides is 1. The lowest BCUT2D eigenvalue weighted by atomic mass is 10.0. The molecule has 1 heterocycles. The van der Waals surface area contributed by atoms with Crippen LogP contribution in [0.3, 0.4) is 0 Å². The van der Waals surface area contributed by atoms with Gasteiger partial charge in [0, 0.05) is 17.5 Å². The number of nitrogens with one attached hydrogen (secondary N) is 1. The Morgan fingerprint density at radius 2 is 1.61 bits per heavy atom. The highest BCUT2D eigenvalue weighted by atomic mass is 16.5. The molecule has 4 rings (SSSR count). The van der Waals surface area contributed by atoms with Crippen molar-refractivity contribution in [1.29, 1.82) is 0 Å². The van der Waals surface area contributed by atoms with Crippen LogP contribution in [0.5, 0.6) is 17.2 Å². The second-order valence-corrected chi connectivity index (χ2v) is 7.46. The number of rotatable bonds is 8. The SMILES string of the molecule is COc1ccc(OC)c(-c2cc(C(=O)NCCc3ccccc3OC)c3ccccc3n2)c1. The molecule has 0 bridgehead atoms. The van der Waals surface area contributed by atoms with E-state index in [-0.39, 0.29) is 5.91 Å². The van der Waals surface area contributed by atoms with Crippen LogP contribution in [0.1, 0.15) is 15.9 Å². The highest BCUT2D eigenvalue weighted by Gasteiger charge is 2.16. The van der Waals surface area contributed by atoms with E-state index < -0.39 is 0 Å². The minimum Gasteiger partial charge on any atom is -0.497 e. The second kappa shape index (κ2) is 10.0. The Kier molecular flexibility index (Phi) is 6.74. The predicted molar refractivity (Wildman–Crippen MR) is 129 cm³/mol. The number of fused-ring (bicyclic) bond motifs is 1. The van der Waals surface area contributed by atoms with Crippen molar-refractivity contribution in [1.82, 2.24) is 10.3 Å². The molecule has 0 spiro atoms. The van der Waals surface area contributed by atoms with E-state index in [4.69, 9.17) is 19.2 Å². The fraction of sp³-hybridized carbons (Fsp3) is 0.185. The number of hydrogen-bond acceptors (Lipinski definition) is 5. The van der Waals surface area contributed by atoms with Crippen LogP contribution >= 0.6 is 0 Å². The van der Waals surface area contributed by atoms with Gasteiger partial charge in [0.25, 0.3) is 5.91 Å². The summed E-state index contributed by atoms with van der Waals surface area (Å²) in [5, 5.41) is 3.83. The average molecular weight is 443 g/mol. The van der Waals surface area contributed by atoms with Gasteiger partial charge >= 0.3 is 0 Å². The Morgan fingerprint density at radius 3 is 2.39 bits per heavy atom. The topological polar surface area (TPSA) is 69.7 Å². The Balaban J connectivity index is 1.67. The average Bonchev–Trinajstić information content (AvgIpc) is 2.87. The Hall–Kier alpha value is -4.06. The van der Waals surface area contributed by atoms with Crippen LogP contribution in [0.4, 0.5) is 0 Å². The summed E-state index contributed by atoms with van der Waals surface area (Å²) in [7, 11) is 4.87. The van der Waals surface area contributed by atoms with Crippen molar-refractivity contribution in [3.8, 4) is 28.5 Å². The van der Waals surface area contributed by atoms with Crippen LogP contribution in [0.2, 0.25) is 0 Å². The van der Waals surface area contributed by atoms with Crippen LogP contribution in [0.25, 0.3) is 22.2 Å². The van der Waals surface area contributed by atoms with E-state index in [0.29, 0.717) is 35.7 Å². The molecule has 0 unspecified atom stereocenters. The molecular weight excluding hydrogens is 416 g/mol. The maximum Gasteiger partial charge on any atom is 0.252 e. The van der Waals surface area contributed by atoms with E-state index in [2.05, 4.69) is 5.32 Å². The first kappa shape index (κ1) is 22.1. The fourth-order valence-electron chi connectivity index (χ4n) is 3.83. The number of para-hydroxylation sites is 2. The molecular formula is C27H26N2O4. The number of carbonyl (C=O) groups is 1. The lowest BCUT2D eigenvalue weighted by molar-refractivity contribution is 0.0955. The zero-order valence-corrected chi connectivity index (χ0v) is 18.9. The van der Waals surface area contributed by atoms with Gasteiger partial charge in [-0.1, -0.05) is 36.4 Å². The van der Waals surface area contributed by atoms with Crippen LogP contribution in [0, 0.1) is 0 Å². The summed E-state index contributed by atoms with van der Waals surface area (Å²) in [6.07, 6.45) is 0.662. The molecule has 1 amide bonds. The van der Waals surface area contributed by atoms with Crippen LogP contribution in [0.15, 0.2) is 72.8 Å². The molecule has 0 radical (unpaired) electrons. The Bertz CT molecular complexity index is 1290. The van der Waals surface area contributed by atoms with Gasteiger partial charge in [-0.05, 0) is 48.4 Å². The van der Waals surface area contributed by atoms with Crippen LogP contribution in [-0.2, 0) is 6.42 Å². The molecule has 0 aliphatic carbocycles. The van der Waals surface area contributed by atoms with Crippen molar-refractivity contribution in [3.05, 3.63) is 83.9 Å². The summed E-state index contributed by atoms with van der Waals surface area (Å²) >= 11 is 0. The van der Waals surface area contributed by atoms with Gasteiger partial charge in [-0.15, -0.1) is 0 Å². The number of nitrogens with zero attached hydrogens (tertiary/aromatic N) is 1. The maximum atomic E-state index is 13.2. The van der Waals surface area contributed by atoms with Crippen molar-refractivity contribution < 1.29 is 19.0 Å². The molecule has 0 atom stereocenters. The third kappa shape index (κ3) is 4.75. The predicted octanol–water partition coefficient (Wildman–Crippen LogP) is 4.90. The maximum absolute atomic E-state index is 13.2. The van der Waals surface area contributed by atoms with E-state index in [1.807, 2.05) is 66.7 Å². The van der Waals surface area contributed by atoms with E-state index in [1.165, 1.54) is 0 Å². The van der Waals surface area contributed by atoms with Gasteiger partial charge < -0.3 is 19.5 Å². The summed E-state index contributed by atoms with van der Waals surface area (Å²) in [6, 6.07) is 22.8. The molecule has 0 aliphatic heterocycles. The van der Waals surface area contributed by atoms with Crippen molar-refractivity contribution in [3.63, 3.8) is 0 Å². The molecule has 1 N–H and O–H groups in total. The number of benzene rings is 3. The van der Waals surface area contributed by atoms with Gasteiger partial charge in [0.15, 0.2) is 0 Å². The standard InChI is InChI=1S/C27H26N2O4/c1-31-19-12-13-26(33-3)22(16-19)24-17-21(20-9-5-6-10-23(20)29-24)27(30)28-15-14-18-8-4-7-11-25(18)32-2/h4-13,16-17H,14-15H2,1-3H3,(H,28,30). The van der Waals surface area contributed by atoms with Crippen molar-refractivity contribution >= 4 is 16.8 Å². The smallest absolute Gasteiger partial charge is 0.252 e. The number of ether oxygens (including phenoxy) is 3. The largest absolute Gasteiger partial charge is 0.497 e. The first-order valence-corrected chi connectivity index (χ1v) is 10.7. The number of aromatic nitrogens is 1. The summed E-state index contributed by atoms with van der Waals surface area (Å²) in [5.41, 5.74) is 3.72. The fourth-order valence-corrected chi connectivity index (χ4v) is 3.83. The van der Waals surface area contributed by atoms with Gasteiger partial charge in [0.2, 0.25) is 0 Å². The molecule has 0 fully saturated rings. The number of methoxy groups -OCH3 is 3. The highest BCUT2D eigenvalue weighted by molar-refractivity contribution is 6.07. The van der Waals surface area contributed by atoms with Gasteiger partial charge in [-0.25, -0.2) is 4.98 Å². The minimum atomic E-state index is -0.161. The summed E-state index contributed by atoms with van der Waals surface area (Å²) in [5.74, 6) is 1.99. The van der Waals surface area contributed by atoms with Crippen LogP contribution < -0.4 is 19.5 Å². The van der Waals surface area contributed by atoms with Gasteiger partial charge in [0.05, 0.1) is 38.1 Å². The molecule has 6 heteroatoms. The van der Waals surface area contributed by atoms with Gasteiger partial charge in [-0.2, -0.15) is 0 Å². The Morgan fingerprint density at radius 1 is 0.848 bits per heavy atom. The molecule has 33 heavy (non-hydrogen) atoms. The molecule has 168 valence electrons. The number of pyridine rings is 1. The monoisotopic (exact) mass is 442 g/mol. The number of carbonyl (C=O) groups excluding carboxylic acids is 1. The van der Waals surface area contributed by atoms with Crippen molar-refractivity contribution in [2.45, 2.75) is 6.42 Å². The summed E-state index contributed by atoms with van der Waals surface area (Å²) < 4.78 is 16.3. The molecule has 1 aromatic heterocycles. The zero-order chi connectivity index (χ0) is 23.2. The summed E-state index contributed by atoms with van der Waals surface area (Å²) in [6.45, 7) is 0.480. The van der Waals surface area contributed by atoms with Crippen molar-refractivity contribution in [2.75, 3.05) is 27.9 Å². The molecule has 3 aromatic carbocycles. The highest BCUT2D eigenvalue weighted by Crippen LogP contribution is 2.34. The molecule has 0 saturated carbocycles. The van der Waals surface area contributed by atoms with E-state index in [0.717, 1.165) is 27.8 Å². The molecule has 6 nitrogen and oxygen atoms in total. The molecule has 0 aliphatic rings. The lowest BCUT2D eigenvalue weighted by Gasteiger charge is -2.14. The third-order valence-electron chi connectivity index (χ3n) is 5.52. The number of hydrogen-bond donors (Lipinski definition) is 1. The summed E-state index contributed by atoms with van der Waals surface area (Å²) in [4.78, 5) is 18.0. The van der Waals surface area contributed by atoms with Gasteiger partial charge in [-0.3, -0.25) is 4.79 Å². The second-order valence-electron chi connectivity index (χ2n) is 7.46. The van der Waals surface area contributed by atoms with E-state index >= 15 is 0 Å². The molecule has 4 aromatic rings. The normalized spacial score (nSPS) is 10.6. The third-order valence-corrected chi connectivity index (χ3v) is 5.52. The minimum absolute atomic E-state index is 0.161. The van der Waals surface area contributed by atoms with E-state index in [9.17, 15) is 4.79 Å². The van der Waals surface area contributed by atoms with Crippen molar-refractivity contribution in [2.24, 2.45) is 0 Å². The molecule has 0 saturated heterocycles. The first-order valence-electron chi connectivity index (χ1n) is 10.7. The van der Waals surface area contributed by atoms with E-state index in [1.54, 1.807) is 27.4 Å². The zero-order valence-electron chi connectivity index (χ0n) is 18.9. The first-order chi connectivity index (χ1) is 16.1. The van der Waals surface area contributed by atoms with Gasteiger partial charge in [0.1, 0.15) is 17.2 Å². The Labute approximate surface area is 193 Å². The van der Waals surface area contributed by atoms with Crippen LogP contribution in [-0.4, -0.2) is 38.8 Å².